The lowest BCUT2D eigenvalue weighted by molar-refractivity contribution is -0.117. The van der Waals surface area contributed by atoms with Gasteiger partial charge in [-0.3, -0.25) is 4.79 Å². The third kappa shape index (κ3) is 5.62. The van der Waals surface area contributed by atoms with Gasteiger partial charge >= 0.3 is 0 Å². The van der Waals surface area contributed by atoms with Crippen LogP contribution in [0.5, 0.6) is 11.5 Å². The first-order chi connectivity index (χ1) is 15.6. The second kappa shape index (κ2) is 9.92. The van der Waals surface area contributed by atoms with Gasteiger partial charge in [-0.2, -0.15) is 0 Å². The third-order valence-electron chi connectivity index (χ3n) is 4.59. The highest BCUT2D eigenvalue weighted by atomic mass is 32.2. The number of carbonyl (C=O) groups is 1. The number of amides is 1. The highest BCUT2D eigenvalue weighted by Gasteiger charge is 2.23. The Morgan fingerprint density at radius 1 is 1.18 bits per heavy atom. The Bertz CT molecular complexity index is 1260. The molecule has 176 valence electrons. The van der Waals surface area contributed by atoms with Crippen molar-refractivity contribution in [3.05, 3.63) is 59.7 Å². The number of halogens is 2. The van der Waals surface area contributed by atoms with E-state index in [0.29, 0.717) is 22.6 Å². The molecule has 1 heterocycles. The molecule has 13 heteroatoms. The number of hydrogen-bond donors (Lipinski definition) is 2. The van der Waals surface area contributed by atoms with Gasteiger partial charge in [0.05, 0.1) is 26.3 Å². The average molecular weight is 481 g/mol. The van der Waals surface area contributed by atoms with E-state index in [-0.39, 0.29) is 23.5 Å². The van der Waals surface area contributed by atoms with Crippen LogP contribution in [-0.2, 0) is 27.8 Å². The molecule has 0 aliphatic rings. The zero-order chi connectivity index (χ0) is 24.2. The summed E-state index contributed by atoms with van der Waals surface area (Å²) in [5, 5.41) is 3.65. The maximum absolute atomic E-state index is 13.2. The molecule has 3 N–H and O–H groups in total. The third-order valence-corrected chi connectivity index (χ3v) is 6.02. The average Bonchev–Trinajstić information content (AvgIpc) is 3.27. The number of rotatable bonds is 10. The first-order valence-electron chi connectivity index (χ1n) is 9.46. The van der Waals surface area contributed by atoms with Crippen LogP contribution in [0.4, 0.5) is 8.78 Å². The summed E-state index contributed by atoms with van der Waals surface area (Å²) in [6, 6.07) is 8.91. The van der Waals surface area contributed by atoms with Crippen molar-refractivity contribution in [3.8, 4) is 17.2 Å². The van der Waals surface area contributed by atoms with Crippen LogP contribution in [0.3, 0.4) is 0 Å². The predicted octanol–water partition coefficient (Wildman–Crippen LogP) is 1.73. The number of alkyl halides is 2. The molecule has 0 saturated heterocycles. The quantitative estimate of drug-likeness (QED) is 0.450. The van der Waals surface area contributed by atoms with Crippen molar-refractivity contribution in [2.24, 2.45) is 5.73 Å². The van der Waals surface area contributed by atoms with Gasteiger partial charge in [-0.1, -0.05) is 12.1 Å². The van der Waals surface area contributed by atoms with Crippen LogP contribution in [-0.4, -0.2) is 43.3 Å². The maximum Gasteiger partial charge on any atom is 0.299 e. The van der Waals surface area contributed by atoms with Gasteiger partial charge in [0.25, 0.3) is 6.43 Å². The molecule has 3 aromatic rings. The maximum atomic E-state index is 13.2. The van der Waals surface area contributed by atoms with Gasteiger partial charge in [0.1, 0.15) is 22.7 Å². The number of primary amides is 1. The Balaban J connectivity index is 1.99. The Morgan fingerprint density at radius 3 is 2.55 bits per heavy atom. The highest BCUT2D eigenvalue weighted by Crippen LogP contribution is 2.26. The van der Waals surface area contributed by atoms with Crippen molar-refractivity contribution in [1.82, 2.24) is 19.5 Å². The molecule has 0 aliphatic carbocycles. The molecular weight excluding hydrogens is 460 g/mol. The van der Waals surface area contributed by atoms with Gasteiger partial charge in [0.15, 0.2) is 0 Å². The van der Waals surface area contributed by atoms with E-state index in [1.807, 2.05) is 0 Å². The number of nitrogens with zero attached hydrogens (tertiary/aromatic N) is 3. The molecule has 0 saturated carbocycles. The van der Waals surface area contributed by atoms with Gasteiger partial charge in [-0.05, 0) is 23.8 Å². The summed E-state index contributed by atoms with van der Waals surface area (Å²) in [6.45, 7) is -0.144. The molecular formula is C20H21F2N5O5S. The molecule has 0 unspecified atom stereocenters. The monoisotopic (exact) mass is 481 g/mol. The minimum Gasteiger partial charge on any atom is -0.497 e. The van der Waals surface area contributed by atoms with Gasteiger partial charge in [0.2, 0.25) is 21.8 Å². The Hall–Kier alpha value is -3.58. The molecule has 3 rings (SSSR count). The molecule has 0 radical (unpaired) electrons. The minimum absolute atomic E-state index is 0.0307. The van der Waals surface area contributed by atoms with E-state index < -0.39 is 28.2 Å². The predicted molar refractivity (Wildman–Crippen MR) is 113 cm³/mol. The second-order valence-corrected chi connectivity index (χ2v) is 8.53. The molecule has 0 aliphatic heterocycles. The van der Waals surface area contributed by atoms with E-state index in [0.717, 1.165) is 11.0 Å². The zero-order valence-corrected chi connectivity index (χ0v) is 18.5. The van der Waals surface area contributed by atoms with Crippen molar-refractivity contribution in [2.45, 2.75) is 24.3 Å². The first kappa shape index (κ1) is 24.1. The number of benzene rings is 2. The van der Waals surface area contributed by atoms with Crippen LogP contribution >= 0.6 is 0 Å². The Morgan fingerprint density at radius 2 is 1.94 bits per heavy atom. The largest absolute Gasteiger partial charge is 0.497 e. The van der Waals surface area contributed by atoms with Crippen molar-refractivity contribution < 1.29 is 31.5 Å². The first-order valence-corrected chi connectivity index (χ1v) is 10.9. The topological polar surface area (TPSA) is 138 Å². The van der Waals surface area contributed by atoms with Gasteiger partial charge < -0.3 is 15.2 Å². The number of carbonyl (C=O) groups excluding carboxylic acids is 1. The Kier molecular flexibility index (Phi) is 7.23. The SMILES string of the molecule is COc1ccc(CNS(=O)(=O)c2cc(CC(N)=O)ccc2-n2cnc(C(F)F)n2)c(OC)c1. The van der Waals surface area contributed by atoms with E-state index in [9.17, 15) is 22.0 Å². The summed E-state index contributed by atoms with van der Waals surface area (Å²) in [4.78, 5) is 14.5. The molecule has 1 amide bonds. The molecule has 2 aromatic carbocycles. The van der Waals surface area contributed by atoms with Gasteiger partial charge in [-0.25, -0.2) is 31.6 Å². The summed E-state index contributed by atoms with van der Waals surface area (Å²) < 4.78 is 66.0. The fourth-order valence-electron chi connectivity index (χ4n) is 3.01. The van der Waals surface area contributed by atoms with Crippen LogP contribution < -0.4 is 19.9 Å². The lowest BCUT2D eigenvalue weighted by atomic mass is 10.1. The molecule has 1 aromatic heterocycles. The Labute approximate surface area is 188 Å². The number of nitrogens with one attached hydrogen (secondary N) is 1. The molecule has 0 fully saturated rings. The van der Waals surface area contributed by atoms with E-state index in [2.05, 4.69) is 14.8 Å². The number of methoxy groups -OCH3 is 2. The van der Waals surface area contributed by atoms with Crippen LogP contribution in [0.25, 0.3) is 5.69 Å². The van der Waals surface area contributed by atoms with Crippen molar-refractivity contribution in [3.63, 3.8) is 0 Å². The second-order valence-electron chi connectivity index (χ2n) is 6.80. The van der Waals surface area contributed by atoms with Crippen molar-refractivity contribution in [1.29, 1.82) is 0 Å². The minimum atomic E-state index is -4.21. The summed E-state index contributed by atoms with van der Waals surface area (Å²) in [7, 11) is -1.29. The lowest BCUT2D eigenvalue weighted by Gasteiger charge is -2.14. The summed E-state index contributed by atoms with van der Waals surface area (Å²) in [6.07, 6.45) is -2.16. The fraction of sp³-hybridized carbons (Fsp3) is 0.250. The van der Waals surface area contributed by atoms with Crippen LogP contribution in [0.2, 0.25) is 0 Å². The highest BCUT2D eigenvalue weighted by molar-refractivity contribution is 7.89. The molecule has 33 heavy (non-hydrogen) atoms. The summed E-state index contributed by atoms with van der Waals surface area (Å²) >= 11 is 0. The summed E-state index contributed by atoms with van der Waals surface area (Å²) in [5.41, 5.74) is 6.04. The van der Waals surface area contributed by atoms with E-state index in [4.69, 9.17) is 15.2 Å². The number of hydrogen-bond acceptors (Lipinski definition) is 7. The van der Waals surface area contributed by atoms with E-state index in [1.54, 1.807) is 18.2 Å². The smallest absolute Gasteiger partial charge is 0.299 e. The molecule has 0 atom stereocenters. The van der Waals surface area contributed by atoms with Crippen LogP contribution in [0.1, 0.15) is 23.4 Å². The molecule has 0 spiro atoms. The lowest BCUT2D eigenvalue weighted by Crippen LogP contribution is -2.25. The van der Waals surface area contributed by atoms with Crippen LogP contribution in [0, 0.1) is 0 Å². The van der Waals surface area contributed by atoms with Gasteiger partial charge in [-0.15, -0.1) is 5.10 Å². The summed E-state index contributed by atoms with van der Waals surface area (Å²) in [5.74, 6) is -0.489. The van der Waals surface area contributed by atoms with E-state index in [1.165, 1.54) is 32.4 Å². The number of aromatic nitrogens is 3. The molecule has 0 bridgehead atoms. The zero-order valence-electron chi connectivity index (χ0n) is 17.7. The number of nitrogens with two attached hydrogens (primary N) is 1. The van der Waals surface area contributed by atoms with E-state index >= 15 is 0 Å². The number of ether oxygens (including phenoxy) is 2. The standard InChI is InChI=1S/C20H21F2N5O5S/c1-31-14-5-4-13(16(9-14)32-2)10-25-33(29,30)17-7-12(8-18(23)28)3-6-15(17)27-11-24-20(26-27)19(21)22/h3-7,9,11,19,25H,8,10H2,1-2H3,(H2,23,28). The fourth-order valence-corrected chi connectivity index (χ4v) is 4.26. The number of sulfonamides is 1. The van der Waals surface area contributed by atoms with Crippen LogP contribution in [0.15, 0.2) is 47.6 Å². The van der Waals surface area contributed by atoms with Gasteiger partial charge in [0, 0.05) is 18.2 Å². The van der Waals surface area contributed by atoms with Crippen molar-refractivity contribution >= 4 is 15.9 Å². The van der Waals surface area contributed by atoms with Crippen molar-refractivity contribution in [2.75, 3.05) is 14.2 Å². The molecule has 10 nitrogen and oxygen atoms in total. The normalized spacial score (nSPS) is 11.5.